The van der Waals surface area contributed by atoms with E-state index < -0.39 is 0 Å². The first kappa shape index (κ1) is 14.9. The van der Waals surface area contributed by atoms with Crippen molar-refractivity contribution in [3.8, 4) is 0 Å². The third kappa shape index (κ3) is 3.99. The minimum atomic E-state index is -0.194. The van der Waals surface area contributed by atoms with Crippen LogP contribution in [-0.2, 0) is 16.0 Å². The Kier molecular flexibility index (Phi) is 5.05. The van der Waals surface area contributed by atoms with Crippen LogP contribution in [0.25, 0.3) is 0 Å². The number of allylic oxidation sites excluding steroid dienone is 1. The van der Waals surface area contributed by atoms with Gasteiger partial charge in [-0.05, 0) is 42.7 Å². The molecule has 1 heterocycles. The molecule has 2 rings (SSSR count). The topological polar surface area (TPSA) is 39.4 Å². The third-order valence-corrected chi connectivity index (χ3v) is 4.07. The summed E-state index contributed by atoms with van der Waals surface area (Å²) in [7, 11) is 0. The summed E-state index contributed by atoms with van der Waals surface area (Å²) >= 11 is 0. The molecule has 0 aliphatic heterocycles. The first-order chi connectivity index (χ1) is 9.56. The number of rotatable bonds is 5. The monoisotopic (exact) mass is 276 g/mol. The maximum Gasteiger partial charge on any atom is 0.302 e. The molecule has 1 aromatic heterocycles. The zero-order valence-electron chi connectivity index (χ0n) is 12.6. The lowest BCUT2D eigenvalue weighted by Crippen LogP contribution is -2.23. The fourth-order valence-corrected chi connectivity index (χ4v) is 3.02. The van der Waals surface area contributed by atoms with Gasteiger partial charge in [0.1, 0.15) is 0 Å². The van der Waals surface area contributed by atoms with Crippen molar-refractivity contribution in [1.82, 2.24) is 0 Å². The van der Waals surface area contributed by atoms with Crippen molar-refractivity contribution >= 4 is 5.97 Å². The van der Waals surface area contributed by atoms with Crippen LogP contribution >= 0.6 is 0 Å². The van der Waals surface area contributed by atoms with Gasteiger partial charge in [0.15, 0.2) is 0 Å². The summed E-state index contributed by atoms with van der Waals surface area (Å²) in [5.74, 6) is 1.43. The van der Waals surface area contributed by atoms with Gasteiger partial charge in [0.05, 0.1) is 19.1 Å². The molecule has 0 bridgehead atoms. The Bertz CT molecular complexity index is 457. The van der Waals surface area contributed by atoms with Gasteiger partial charge in [0.25, 0.3) is 0 Å². The summed E-state index contributed by atoms with van der Waals surface area (Å²) < 4.78 is 10.3. The van der Waals surface area contributed by atoms with Crippen LogP contribution < -0.4 is 0 Å². The molecule has 3 nitrogen and oxygen atoms in total. The zero-order chi connectivity index (χ0) is 14.5. The van der Waals surface area contributed by atoms with Gasteiger partial charge in [-0.25, -0.2) is 0 Å². The molecular weight excluding hydrogens is 252 g/mol. The molecule has 0 radical (unpaired) electrons. The van der Waals surface area contributed by atoms with Crippen molar-refractivity contribution in [3.05, 3.63) is 35.8 Å². The summed E-state index contributed by atoms with van der Waals surface area (Å²) in [6.07, 6.45) is 9.08. The second-order valence-corrected chi connectivity index (χ2v) is 6.04. The van der Waals surface area contributed by atoms with Gasteiger partial charge >= 0.3 is 5.97 Å². The van der Waals surface area contributed by atoms with Crippen LogP contribution in [0.3, 0.4) is 0 Å². The number of ether oxygens (including phenoxy) is 1. The number of carbonyl (C=O) groups is 1. The largest absolute Gasteiger partial charge is 0.472 e. The predicted octanol–water partition coefficient (Wildman–Crippen LogP) is 3.99. The lowest BCUT2D eigenvalue weighted by molar-refractivity contribution is -0.142. The second-order valence-electron chi connectivity index (χ2n) is 6.04. The van der Waals surface area contributed by atoms with E-state index in [2.05, 4.69) is 19.9 Å². The van der Waals surface area contributed by atoms with Gasteiger partial charge in [-0.15, -0.1) is 0 Å². The lowest BCUT2D eigenvalue weighted by atomic mass is 9.75. The van der Waals surface area contributed by atoms with Gasteiger partial charge in [-0.2, -0.15) is 0 Å². The van der Waals surface area contributed by atoms with Crippen LogP contribution in [0.15, 0.2) is 34.7 Å². The molecule has 0 saturated carbocycles. The van der Waals surface area contributed by atoms with Crippen molar-refractivity contribution in [2.45, 2.75) is 40.0 Å². The molecule has 0 spiro atoms. The highest BCUT2D eigenvalue weighted by atomic mass is 16.5. The summed E-state index contributed by atoms with van der Waals surface area (Å²) in [6, 6.07) is 2.02. The van der Waals surface area contributed by atoms with E-state index in [4.69, 9.17) is 9.15 Å². The Morgan fingerprint density at radius 1 is 1.45 bits per heavy atom. The van der Waals surface area contributed by atoms with E-state index in [0.717, 1.165) is 12.8 Å². The molecule has 2 atom stereocenters. The molecule has 3 heteroatoms. The first-order valence-electron chi connectivity index (χ1n) is 7.41. The van der Waals surface area contributed by atoms with Gasteiger partial charge in [0, 0.05) is 12.8 Å². The number of furan rings is 1. The second kappa shape index (κ2) is 6.78. The molecule has 0 N–H and O–H groups in total. The van der Waals surface area contributed by atoms with Gasteiger partial charge in [0.2, 0.25) is 0 Å². The molecule has 20 heavy (non-hydrogen) atoms. The van der Waals surface area contributed by atoms with E-state index in [0.29, 0.717) is 24.4 Å². The average Bonchev–Trinajstić information content (AvgIpc) is 2.89. The van der Waals surface area contributed by atoms with Crippen LogP contribution in [0, 0.1) is 17.8 Å². The van der Waals surface area contributed by atoms with E-state index >= 15 is 0 Å². The lowest BCUT2D eigenvalue weighted by Gasteiger charge is -2.31. The van der Waals surface area contributed by atoms with Gasteiger partial charge in [-0.1, -0.05) is 25.5 Å². The van der Waals surface area contributed by atoms with Crippen molar-refractivity contribution in [2.75, 3.05) is 6.61 Å². The SMILES string of the molecule is CC(=O)OC[C@@H]1C=C(Cc2ccoc2)[C@@H](C(C)C)CC1. The number of esters is 1. The summed E-state index contributed by atoms with van der Waals surface area (Å²) in [4.78, 5) is 10.9. The highest BCUT2D eigenvalue weighted by Crippen LogP contribution is 2.35. The van der Waals surface area contributed by atoms with E-state index in [1.807, 2.05) is 12.3 Å². The Morgan fingerprint density at radius 2 is 2.25 bits per heavy atom. The molecule has 0 saturated heterocycles. The molecular formula is C17H24O3. The molecule has 0 amide bonds. The number of hydrogen-bond acceptors (Lipinski definition) is 3. The quantitative estimate of drug-likeness (QED) is 0.603. The van der Waals surface area contributed by atoms with Crippen molar-refractivity contribution in [3.63, 3.8) is 0 Å². The Morgan fingerprint density at radius 3 is 2.85 bits per heavy atom. The highest BCUT2D eigenvalue weighted by molar-refractivity contribution is 5.65. The van der Waals surface area contributed by atoms with Gasteiger partial charge in [-0.3, -0.25) is 4.79 Å². The average molecular weight is 276 g/mol. The fraction of sp³-hybridized carbons (Fsp3) is 0.588. The van der Waals surface area contributed by atoms with E-state index in [1.165, 1.54) is 24.5 Å². The van der Waals surface area contributed by atoms with Crippen molar-refractivity contribution in [1.29, 1.82) is 0 Å². The minimum Gasteiger partial charge on any atom is -0.472 e. The molecule has 0 aromatic carbocycles. The summed E-state index contributed by atoms with van der Waals surface area (Å²) in [5, 5.41) is 0. The van der Waals surface area contributed by atoms with Crippen LogP contribution in [0.1, 0.15) is 39.2 Å². The summed E-state index contributed by atoms with van der Waals surface area (Å²) in [5.41, 5.74) is 2.68. The molecule has 1 aromatic rings. The zero-order valence-corrected chi connectivity index (χ0v) is 12.6. The molecule has 110 valence electrons. The number of hydrogen-bond donors (Lipinski definition) is 0. The Labute approximate surface area is 121 Å². The number of carbonyl (C=O) groups excluding carboxylic acids is 1. The van der Waals surface area contributed by atoms with Crippen molar-refractivity contribution in [2.24, 2.45) is 17.8 Å². The smallest absolute Gasteiger partial charge is 0.302 e. The normalized spacial score (nSPS) is 22.7. The first-order valence-corrected chi connectivity index (χ1v) is 7.41. The Hall–Kier alpha value is -1.51. The molecule has 1 aliphatic carbocycles. The standard InChI is InChI=1S/C17H24O3/c1-12(2)17-5-4-14(11-20-13(3)18)8-16(17)9-15-6-7-19-10-15/h6-8,10,12,14,17H,4-5,9,11H2,1-3H3/t14-,17+/m0/s1. The van der Waals surface area contributed by atoms with Crippen LogP contribution in [0.5, 0.6) is 0 Å². The Balaban J connectivity index is 2.08. The van der Waals surface area contributed by atoms with Crippen LogP contribution in [0.4, 0.5) is 0 Å². The molecule has 0 fully saturated rings. The van der Waals surface area contributed by atoms with Crippen molar-refractivity contribution < 1.29 is 13.9 Å². The van der Waals surface area contributed by atoms with E-state index in [9.17, 15) is 4.79 Å². The molecule has 1 aliphatic rings. The summed E-state index contributed by atoms with van der Waals surface area (Å²) in [6.45, 7) is 6.53. The fourth-order valence-electron chi connectivity index (χ4n) is 3.02. The molecule has 0 unspecified atom stereocenters. The minimum absolute atomic E-state index is 0.194. The highest BCUT2D eigenvalue weighted by Gasteiger charge is 2.26. The maximum absolute atomic E-state index is 10.9. The van der Waals surface area contributed by atoms with Crippen LogP contribution in [-0.4, -0.2) is 12.6 Å². The van der Waals surface area contributed by atoms with Gasteiger partial charge < -0.3 is 9.15 Å². The predicted molar refractivity (Wildman–Crippen MR) is 78.2 cm³/mol. The van der Waals surface area contributed by atoms with E-state index in [-0.39, 0.29) is 5.97 Å². The third-order valence-electron chi connectivity index (χ3n) is 4.07. The van der Waals surface area contributed by atoms with Crippen LogP contribution in [0.2, 0.25) is 0 Å². The van der Waals surface area contributed by atoms with E-state index in [1.54, 1.807) is 6.26 Å². The maximum atomic E-state index is 10.9.